The van der Waals surface area contributed by atoms with E-state index in [2.05, 4.69) is 0 Å². The minimum Gasteiger partial charge on any atom is -0.393 e. The van der Waals surface area contributed by atoms with Crippen LogP contribution in [0.15, 0.2) is 18.2 Å². The molecule has 0 amide bonds. The van der Waals surface area contributed by atoms with Gasteiger partial charge in [-0.2, -0.15) is 0 Å². The standard InChI is InChI=1S/C12H16F2O/c1-8(5-9(2)15)6-10-7-11(13)3-4-12(10)14/h3-4,7-9,15H,5-6H2,1-2H3. The molecule has 2 atom stereocenters. The quantitative estimate of drug-likeness (QED) is 0.817. The zero-order valence-electron chi connectivity index (χ0n) is 9.00. The number of benzene rings is 1. The molecule has 0 aliphatic heterocycles. The topological polar surface area (TPSA) is 20.2 Å². The first-order valence-corrected chi connectivity index (χ1v) is 5.11. The third-order valence-electron chi connectivity index (χ3n) is 2.32. The van der Waals surface area contributed by atoms with Gasteiger partial charge >= 0.3 is 0 Å². The second kappa shape index (κ2) is 5.21. The summed E-state index contributed by atoms with van der Waals surface area (Å²) in [5.41, 5.74) is 0.378. The highest BCUT2D eigenvalue weighted by Crippen LogP contribution is 2.17. The van der Waals surface area contributed by atoms with Crippen molar-refractivity contribution in [3.63, 3.8) is 0 Å². The fraction of sp³-hybridized carbons (Fsp3) is 0.500. The maximum absolute atomic E-state index is 13.2. The zero-order valence-corrected chi connectivity index (χ0v) is 9.00. The van der Waals surface area contributed by atoms with Crippen LogP contribution in [-0.4, -0.2) is 11.2 Å². The third-order valence-corrected chi connectivity index (χ3v) is 2.32. The molecule has 1 nitrogen and oxygen atoms in total. The average molecular weight is 214 g/mol. The van der Waals surface area contributed by atoms with Crippen molar-refractivity contribution >= 4 is 0 Å². The number of hydrogen-bond donors (Lipinski definition) is 1. The summed E-state index contributed by atoms with van der Waals surface area (Å²) in [4.78, 5) is 0. The Morgan fingerprint density at radius 3 is 2.53 bits per heavy atom. The minimum atomic E-state index is -0.421. The van der Waals surface area contributed by atoms with Gasteiger partial charge in [0.15, 0.2) is 0 Å². The monoisotopic (exact) mass is 214 g/mol. The summed E-state index contributed by atoms with van der Waals surface area (Å²) in [5.74, 6) is -0.661. The zero-order chi connectivity index (χ0) is 11.4. The molecule has 84 valence electrons. The van der Waals surface area contributed by atoms with E-state index in [0.29, 0.717) is 18.4 Å². The molecule has 1 aromatic carbocycles. The van der Waals surface area contributed by atoms with E-state index in [1.165, 1.54) is 6.07 Å². The van der Waals surface area contributed by atoms with Crippen LogP contribution in [-0.2, 0) is 6.42 Å². The Kier molecular flexibility index (Phi) is 4.21. The molecule has 2 unspecified atom stereocenters. The summed E-state index contributed by atoms with van der Waals surface area (Å²) in [5, 5.41) is 9.16. The molecule has 0 aliphatic rings. The van der Waals surface area contributed by atoms with E-state index in [4.69, 9.17) is 5.11 Å². The predicted molar refractivity (Wildman–Crippen MR) is 55.5 cm³/mol. The molecule has 15 heavy (non-hydrogen) atoms. The third kappa shape index (κ3) is 3.96. The van der Waals surface area contributed by atoms with Crippen LogP contribution < -0.4 is 0 Å². The van der Waals surface area contributed by atoms with Crippen LogP contribution in [0.1, 0.15) is 25.8 Å². The number of aliphatic hydroxyl groups excluding tert-OH is 1. The van der Waals surface area contributed by atoms with Gasteiger partial charge in [-0.25, -0.2) is 8.78 Å². The Morgan fingerprint density at radius 2 is 1.93 bits per heavy atom. The Hall–Kier alpha value is -0.960. The molecule has 1 N–H and O–H groups in total. The lowest BCUT2D eigenvalue weighted by atomic mass is 9.95. The van der Waals surface area contributed by atoms with Crippen LogP contribution in [0, 0.1) is 17.6 Å². The van der Waals surface area contributed by atoms with Crippen LogP contribution in [0.4, 0.5) is 8.78 Å². The van der Waals surface area contributed by atoms with Crippen LogP contribution in [0.5, 0.6) is 0 Å². The minimum absolute atomic E-state index is 0.140. The second-order valence-corrected chi connectivity index (χ2v) is 4.13. The van der Waals surface area contributed by atoms with Gasteiger partial charge in [0.2, 0.25) is 0 Å². The van der Waals surface area contributed by atoms with Gasteiger partial charge in [0, 0.05) is 0 Å². The van der Waals surface area contributed by atoms with Gasteiger partial charge in [0.25, 0.3) is 0 Å². The van der Waals surface area contributed by atoms with E-state index in [1.807, 2.05) is 6.92 Å². The summed E-state index contributed by atoms with van der Waals surface area (Å²) in [6.45, 7) is 3.61. The molecule has 0 heterocycles. The average Bonchev–Trinajstić information content (AvgIpc) is 2.10. The Morgan fingerprint density at radius 1 is 1.27 bits per heavy atom. The van der Waals surface area contributed by atoms with E-state index >= 15 is 0 Å². The van der Waals surface area contributed by atoms with Gasteiger partial charge in [0.05, 0.1) is 6.10 Å². The van der Waals surface area contributed by atoms with Crippen molar-refractivity contribution in [2.45, 2.75) is 32.8 Å². The fourth-order valence-electron chi connectivity index (χ4n) is 1.74. The molecule has 0 radical (unpaired) electrons. The smallest absolute Gasteiger partial charge is 0.126 e. The van der Waals surface area contributed by atoms with Crippen LogP contribution in [0.3, 0.4) is 0 Å². The van der Waals surface area contributed by atoms with E-state index in [0.717, 1.165) is 12.1 Å². The van der Waals surface area contributed by atoms with Crippen LogP contribution >= 0.6 is 0 Å². The van der Waals surface area contributed by atoms with Crippen molar-refractivity contribution in [2.75, 3.05) is 0 Å². The highest BCUT2D eigenvalue weighted by Gasteiger charge is 2.11. The van der Waals surface area contributed by atoms with Crippen LogP contribution in [0.2, 0.25) is 0 Å². The van der Waals surface area contributed by atoms with Crippen molar-refractivity contribution < 1.29 is 13.9 Å². The van der Waals surface area contributed by atoms with Gasteiger partial charge < -0.3 is 5.11 Å². The molecule has 0 aromatic heterocycles. The summed E-state index contributed by atoms with van der Waals surface area (Å²) >= 11 is 0. The molecular weight excluding hydrogens is 198 g/mol. The number of hydrogen-bond acceptors (Lipinski definition) is 1. The van der Waals surface area contributed by atoms with E-state index in [9.17, 15) is 8.78 Å². The largest absolute Gasteiger partial charge is 0.393 e. The van der Waals surface area contributed by atoms with Crippen molar-refractivity contribution in [3.8, 4) is 0 Å². The molecule has 0 saturated heterocycles. The first-order chi connectivity index (χ1) is 6.99. The van der Waals surface area contributed by atoms with Gasteiger partial charge in [0.1, 0.15) is 11.6 Å². The van der Waals surface area contributed by atoms with Gasteiger partial charge in [-0.15, -0.1) is 0 Å². The summed E-state index contributed by atoms with van der Waals surface area (Å²) in [7, 11) is 0. The number of aliphatic hydroxyl groups is 1. The van der Waals surface area contributed by atoms with Crippen LogP contribution in [0.25, 0.3) is 0 Å². The first kappa shape index (κ1) is 12.1. The van der Waals surface area contributed by atoms with Gasteiger partial charge in [-0.3, -0.25) is 0 Å². The Bertz CT molecular complexity index is 323. The Balaban J connectivity index is 2.67. The molecule has 0 aliphatic carbocycles. The molecule has 0 spiro atoms. The van der Waals surface area contributed by atoms with Gasteiger partial charge in [-0.05, 0) is 49.4 Å². The molecule has 0 fully saturated rings. The van der Waals surface area contributed by atoms with Gasteiger partial charge in [-0.1, -0.05) is 6.92 Å². The second-order valence-electron chi connectivity index (χ2n) is 4.13. The molecule has 0 bridgehead atoms. The summed E-state index contributed by atoms with van der Waals surface area (Å²) < 4.78 is 26.1. The van der Waals surface area contributed by atoms with Crippen molar-refractivity contribution in [2.24, 2.45) is 5.92 Å². The highest BCUT2D eigenvalue weighted by molar-refractivity contribution is 5.19. The van der Waals surface area contributed by atoms with E-state index in [1.54, 1.807) is 6.92 Å². The molecular formula is C12H16F2O. The normalized spacial score (nSPS) is 15.0. The highest BCUT2D eigenvalue weighted by atomic mass is 19.1. The fourth-order valence-corrected chi connectivity index (χ4v) is 1.74. The number of rotatable bonds is 4. The lowest BCUT2D eigenvalue weighted by Crippen LogP contribution is -2.10. The Labute approximate surface area is 88.7 Å². The van der Waals surface area contributed by atoms with Crippen molar-refractivity contribution in [1.82, 2.24) is 0 Å². The van der Waals surface area contributed by atoms with Crippen molar-refractivity contribution in [1.29, 1.82) is 0 Å². The molecule has 0 saturated carbocycles. The van der Waals surface area contributed by atoms with Crippen molar-refractivity contribution in [3.05, 3.63) is 35.4 Å². The SMILES string of the molecule is CC(O)CC(C)Cc1cc(F)ccc1F. The lowest BCUT2D eigenvalue weighted by Gasteiger charge is -2.13. The first-order valence-electron chi connectivity index (χ1n) is 5.11. The summed E-state index contributed by atoms with van der Waals surface area (Å²) in [6, 6.07) is 3.46. The van der Waals surface area contributed by atoms with E-state index in [-0.39, 0.29) is 11.7 Å². The predicted octanol–water partition coefficient (Wildman–Crippen LogP) is 2.91. The maximum Gasteiger partial charge on any atom is 0.126 e. The molecule has 1 aromatic rings. The lowest BCUT2D eigenvalue weighted by molar-refractivity contribution is 0.164. The summed E-state index contributed by atoms with van der Waals surface area (Å²) in [6.07, 6.45) is 0.640. The maximum atomic E-state index is 13.2. The molecule has 3 heteroatoms. The molecule has 1 rings (SSSR count). The number of halogens is 2. The van der Waals surface area contributed by atoms with E-state index < -0.39 is 11.9 Å².